The lowest BCUT2D eigenvalue weighted by Gasteiger charge is -2.33. The Morgan fingerprint density at radius 3 is 2.42 bits per heavy atom. The van der Waals surface area contributed by atoms with Crippen LogP contribution in [0.4, 0.5) is 0 Å². The van der Waals surface area contributed by atoms with Crippen LogP contribution in [0, 0.1) is 6.92 Å². The smallest absolute Gasteiger partial charge is 0.311 e. The Kier molecular flexibility index (Phi) is 5.67. The van der Waals surface area contributed by atoms with Gasteiger partial charge in [0, 0.05) is 33.1 Å². The number of hydrogen-bond acceptors (Lipinski definition) is 6. The first kappa shape index (κ1) is 18.5. The second-order valence-electron chi connectivity index (χ2n) is 6.22. The van der Waals surface area contributed by atoms with Gasteiger partial charge in [0.2, 0.25) is 15.9 Å². The number of benzene rings is 1. The fraction of sp³-hybridized carbons (Fsp3) is 0.471. The number of sulfonamides is 1. The number of amides is 1. The van der Waals surface area contributed by atoms with E-state index in [9.17, 15) is 13.2 Å². The number of hydrogen-bond donors (Lipinski definition) is 0. The summed E-state index contributed by atoms with van der Waals surface area (Å²) in [6.45, 7) is 2.82. The lowest BCUT2D eigenvalue weighted by atomic mass is 10.1. The van der Waals surface area contributed by atoms with Gasteiger partial charge in [-0.25, -0.2) is 8.42 Å². The molecule has 1 aliphatic rings. The summed E-state index contributed by atoms with van der Waals surface area (Å²) in [7, 11) is -3.32. The molecule has 1 aromatic carbocycles. The van der Waals surface area contributed by atoms with Gasteiger partial charge in [-0.3, -0.25) is 4.79 Å². The normalized spacial score (nSPS) is 16.0. The molecule has 1 saturated heterocycles. The summed E-state index contributed by atoms with van der Waals surface area (Å²) >= 11 is 0. The predicted octanol–water partition coefficient (Wildman–Crippen LogP) is 1.10. The van der Waals surface area contributed by atoms with Gasteiger partial charge in [0.1, 0.15) is 0 Å². The summed E-state index contributed by atoms with van der Waals surface area (Å²) in [4.78, 5) is 13.8. The second-order valence-corrected chi connectivity index (χ2v) is 8.31. The molecule has 0 N–H and O–H groups in total. The van der Waals surface area contributed by atoms with Crippen molar-refractivity contribution in [3.05, 3.63) is 47.7 Å². The van der Waals surface area contributed by atoms with Crippen molar-refractivity contribution in [3.8, 4) is 0 Å². The van der Waals surface area contributed by atoms with Crippen molar-refractivity contribution in [3.63, 3.8) is 0 Å². The quantitative estimate of drug-likeness (QED) is 0.747. The summed E-state index contributed by atoms with van der Waals surface area (Å²) in [6.07, 6.45) is 1.31. The molecule has 0 atom stereocenters. The van der Waals surface area contributed by atoms with Gasteiger partial charge in [-0.15, -0.1) is 10.2 Å². The van der Waals surface area contributed by atoms with Gasteiger partial charge < -0.3 is 9.32 Å². The van der Waals surface area contributed by atoms with Gasteiger partial charge in [0.05, 0.1) is 5.75 Å². The molecule has 2 heterocycles. The van der Waals surface area contributed by atoms with Gasteiger partial charge in [0.15, 0.2) is 0 Å². The van der Waals surface area contributed by atoms with Gasteiger partial charge in [0.25, 0.3) is 0 Å². The fourth-order valence-electron chi connectivity index (χ4n) is 2.92. The van der Waals surface area contributed by atoms with Crippen LogP contribution in [0.5, 0.6) is 0 Å². The summed E-state index contributed by atoms with van der Waals surface area (Å²) in [5.74, 6) is 0.0278. The maximum absolute atomic E-state index is 12.5. The van der Waals surface area contributed by atoms with Crippen molar-refractivity contribution < 1.29 is 17.6 Å². The Hall–Kier alpha value is -2.26. The highest BCUT2D eigenvalue weighted by atomic mass is 32.2. The Morgan fingerprint density at radius 2 is 1.81 bits per heavy atom. The molecular formula is C17H22N4O4S. The van der Waals surface area contributed by atoms with Crippen LogP contribution in [0.1, 0.15) is 28.6 Å². The number of aromatic nitrogens is 2. The van der Waals surface area contributed by atoms with Crippen molar-refractivity contribution >= 4 is 15.9 Å². The third kappa shape index (κ3) is 4.47. The molecule has 0 radical (unpaired) electrons. The molecule has 0 saturated carbocycles. The van der Waals surface area contributed by atoms with Gasteiger partial charge >= 0.3 is 11.8 Å². The molecule has 1 fully saturated rings. The third-order valence-corrected chi connectivity index (χ3v) is 6.30. The van der Waals surface area contributed by atoms with Crippen LogP contribution >= 0.6 is 0 Å². The van der Waals surface area contributed by atoms with Gasteiger partial charge in [-0.1, -0.05) is 30.3 Å². The largest absolute Gasteiger partial charge is 0.417 e. The molecule has 140 valence electrons. The average molecular weight is 378 g/mol. The van der Waals surface area contributed by atoms with Crippen LogP contribution in [0.15, 0.2) is 34.7 Å². The fourth-order valence-corrected chi connectivity index (χ4v) is 4.41. The Balaban J connectivity index is 1.49. The van der Waals surface area contributed by atoms with E-state index in [4.69, 9.17) is 4.42 Å². The van der Waals surface area contributed by atoms with Crippen LogP contribution in [0.3, 0.4) is 0 Å². The standard InChI is InChI=1S/C17H22N4O4S/c1-14-18-19-16(25-14)17(22)20-9-11-21(12-10-20)26(23,24)13-5-8-15-6-3-2-4-7-15/h2-4,6-7H,5,8-13H2,1H3. The van der Waals surface area contributed by atoms with Gasteiger partial charge in [-0.2, -0.15) is 4.31 Å². The molecular weight excluding hydrogens is 356 g/mol. The SMILES string of the molecule is Cc1nnc(C(=O)N2CCN(S(=O)(=O)CCCc3ccccc3)CC2)o1. The van der Waals surface area contributed by atoms with Crippen LogP contribution in [0.2, 0.25) is 0 Å². The Morgan fingerprint density at radius 1 is 1.12 bits per heavy atom. The number of piperazine rings is 1. The van der Waals surface area contributed by atoms with E-state index >= 15 is 0 Å². The highest BCUT2D eigenvalue weighted by Crippen LogP contribution is 2.13. The van der Waals surface area contributed by atoms with Crippen molar-refractivity contribution in [1.82, 2.24) is 19.4 Å². The molecule has 2 aromatic rings. The molecule has 0 spiro atoms. The van der Waals surface area contributed by atoms with Crippen LogP contribution < -0.4 is 0 Å². The zero-order valence-electron chi connectivity index (χ0n) is 14.7. The first-order valence-corrected chi connectivity index (χ1v) is 10.2. The molecule has 9 heteroatoms. The minimum atomic E-state index is -3.32. The molecule has 0 aliphatic carbocycles. The van der Waals surface area contributed by atoms with Crippen LogP contribution in [-0.4, -0.2) is 65.7 Å². The topological polar surface area (TPSA) is 96.6 Å². The molecule has 0 bridgehead atoms. The van der Waals surface area contributed by atoms with Crippen molar-refractivity contribution in [2.75, 3.05) is 31.9 Å². The van der Waals surface area contributed by atoms with E-state index in [1.165, 1.54) is 4.31 Å². The van der Waals surface area contributed by atoms with E-state index in [0.717, 1.165) is 12.0 Å². The minimum Gasteiger partial charge on any atom is -0.417 e. The van der Waals surface area contributed by atoms with Crippen molar-refractivity contribution in [1.29, 1.82) is 0 Å². The first-order chi connectivity index (χ1) is 12.5. The monoisotopic (exact) mass is 378 g/mol. The average Bonchev–Trinajstić information content (AvgIpc) is 3.08. The van der Waals surface area contributed by atoms with E-state index in [1.54, 1.807) is 11.8 Å². The van der Waals surface area contributed by atoms with Crippen molar-refractivity contribution in [2.45, 2.75) is 19.8 Å². The zero-order chi connectivity index (χ0) is 18.6. The highest BCUT2D eigenvalue weighted by Gasteiger charge is 2.30. The molecule has 0 unspecified atom stereocenters. The number of nitrogens with zero attached hydrogens (tertiary/aromatic N) is 4. The van der Waals surface area contributed by atoms with Crippen molar-refractivity contribution in [2.24, 2.45) is 0 Å². The summed E-state index contributed by atoms with van der Waals surface area (Å²) in [5.41, 5.74) is 1.13. The van der Waals surface area contributed by atoms with E-state index in [2.05, 4.69) is 10.2 Å². The Labute approximate surface area is 152 Å². The minimum absolute atomic E-state index is 0.0540. The Bertz CT molecular complexity index is 843. The predicted molar refractivity (Wildman–Crippen MR) is 95.1 cm³/mol. The second kappa shape index (κ2) is 7.96. The summed E-state index contributed by atoms with van der Waals surface area (Å²) in [5, 5.41) is 7.36. The third-order valence-electron chi connectivity index (χ3n) is 4.34. The molecule has 1 aliphatic heterocycles. The number of carbonyl (C=O) groups excluding carboxylic acids is 1. The maximum atomic E-state index is 12.5. The summed E-state index contributed by atoms with van der Waals surface area (Å²) in [6, 6.07) is 9.83. The number of aryl methyl sites for hydroxylation is 2. The maximum Gasteiger partial charge on any atom is 0.311 e. The molecule has 3 rings (SSSR count). The lowest BCUT2D eigenvalue weighted by Crippen LogP contribution is -2.51. The molecule has 1 amide bonds. The highest BCUT2D eigenvalue weighted by molar-refractivity contribution is 7.89. The van der Waals surface area contributed by atoms with E-state index in [1.807, 2.05) is 30.3 Å². The first-order valence-electron chi connectivity index (χ1n) is 8.57. The van der Waals surface area contributed by atoms with Crippen LogP contribution in [-0.2, 0) is 16.4 Å². The summed E-state index contributed by atoms with van der Waals surface area (Å²) < 4.78 is 31.6. The molecule has 26 heavy (non-hydrogen) atoms. The molecule has 8 nitrogen and oxygen atoms in total. The van der Waals surface area contributed by atoms with Gasteiger partial charge in [-0.05, 0) is 18.4 Å². The number of rotatable bonds is 6. The van der Waals surface area contributed by atoms with E-state index in [0.29, 0.717) is 25.4 Å². The van der Waals surface area contributed by atoms with E-state index in [-0.39, 0.29) is 30.6 Å². The number of carbonyl (C=O) groups is 1. The zero-order valence-corrected chi connectivity index (χ0v) is 15.5. The molecule has 1 aromatic heterocycles. The van der Waals surface area contributed by atoms with Crippen LogP contribution in [0.25, 0.3) is 0 Å². The van der Waals surface area contributed by atoms with E-state index < -0.39 is 10.0 Å². The lowest BCUT2D eigenvalue weighted by molar-refractivity contribution is 0.0656.